The van der Waals surface area contributed by atoms with Gasteiger partial charge in [-0.15, -0.1) is 11.3 Å². The van der Waals surface area contributed by atoms with Crippen LogP contribution in [-0.4, -0.2) is 47.8 Å². The van der Waals surface area contributed by atoms with E-state index in [2.05, 4.69) is 27.3 Å². The Balaban J connectivity index is 1.18. The molecule has 1 fully saturated rings. The van der Waals surface area contributed by atoms with E-state index in [0.29, 0.717) is 13.2 Å². The molecule has 0 saturated carbocycles. The first-order chi connectivity index (χ1) is 14.7. The van der Waals surface area contributed by atoms with Crippen LogP contribution >= 0.6 is 11.3 Å². The maximum Gasteiger partial charge on any atom is 0.189 e. The minimum Gasteiger partial charge on any atom is -0.467 e. The van der Waals surface area contributed by atoms with Crippen LogP contribution in [0.2, 0.25) is 0 Å². The van der Waals surface area contributed by atoms with Crippen molar-refractivity contribution in [1.82, 2.24) is 14.8 Å². The summed E-state index contributed by atoms with van der Waals surface area (Å²) in [4.78, 5) is 9.61. The Morgan fingerprint density at radius 2 is 1.77 bits per heavy atom. The van der Waals surface area contributed by atoms with E-state index < -0.39 is 0 Å². The van der Waals surface area contributed by atoms with Crippen LogP contribution in [-0.2, 0) is 24.4 Å². The molecule has 156 valence electrons. The highest BCUT2D eigenvalue weighted by Crippen LogP contribution is 2.30. The number of aromatic nitrogens is 1. The third-order valence-corrected chi connectivity index (χ3v) is 6.51. The minimum atomic E-state index is -0.228. The standard InChI is InChI=1S/C23H24FN3O2S/c24-20-10-18(22-19(11-20)14-28-16-29-22)12-26-6-8-27(9-7-26)13-21-15-30-23(25-21)17-4-2-1-3-5-17/h1-5,10-11,15H,6-9,12-14,16H2. The lowest BCUT2D eigenvalue weighted by molar-refractivity contribution is -0.0179. The fourth-order valence-electron chi connectivity index (χ4n) is 4.04. The summed E-state index contributed by atoms with van der Waals surface area (Å²) in [5.74, 6) is 0.565. The van der Waals surface area contributed by atoms with Crippen molar-refractivity contribution in [2.75, 3.05) is 33.0 Å². The summed E-state index contributed by atoms with van der Waals surface area (Å²) in [5.41, 5.74) is 4.01. The summed E-state index contributed by atoms with van der Waals surface area (Å²) < 4.78 is 24.9. The number of fused-ring (bicyclic) bond motifs is 1. The van der Waals surface area contributed by atoms with Gasteiger partial charge in [-0.1, -0.05) is 30.3 Å². The van der Waals surface area contributed by atoms with Crippen LogP contribution in [0, 0.1) is 5.82 Å². The number of thiazole rings is 1. The van der Waals surface area contributed by atoms with Crippen molar-refractivity contribution in [3.05, 3.63) is 70.5 Å². The van der Waals surface area contributed by atoms with Crippen molar-refractivity contribution in [1.29, 1.82) is 0 Å². The van der Waals surface area contributed by atoms with Crippen LogP contribution in [0.25, 0.3) is 10.6 Å². The molecule has 2 aromatic carbocycles. The second-order valence-electron chi connectivity index (χ2n) is 7.73. The Labute approximate surface area is 179 Å². The topological polar surface area (TPSA) is 37.8 Å². The van der Waals surface area contributed by atoms with Gasteiger partial charge in [0.1, 0.15) is 16.6 Å². The van der Waals surface area contributed by atoms with Gasteiger partial charge in [0.15, 0.2) is 6.79 Å². The number of hydrogen-bond donors (Lipinski definition) is 0. The molecule has 7 heteroatoms. The zero-order valence-electron chi connectivity index (χ0n) is 16.7. The number of ether oxygens (including phenoxy) is 2. The first-order valence-corrected chi connectivity index (χ1v) is 11.1. The maximum absolute atomic E-state index is 14.0. The van der Waals surface area contributed by atoms with E-state index in [1.165, 1.54) is 11.6 Å². The molecule has 0 amide bonds. The molecule has 0 aliphatic carbocycles. The van der Waals surface area contributed by atoms with Gasteiger partial charge in [-0.05, 0) is 12.1 Å². The quantitative estimate of drug-likeness (QED) is 0.614. The Morgan fingerprint density at radius 3 is 2.57 bits per heavy atom. The molecule has 0 N–H and O–H groups in total. The molecule has 0 radical (unpaired) electrons. The van der Waals surface area contributed by atoms with Crippen LogP contribution in [0.15, 0.2) is 47.8 Å². The molecule has 0 bridgehead atoms. The number of hydrogen-bond acceptors (Lipinski definition) is 6. The van der Waals surface area contributed by atoms with E-state index in [0.717, 1.165) is 60.3 Å². The molecule has 5 nitrogen and oxygen atoms in total. The highest BCUT2D eigenvalue weighted by Gasteiger charge is 2.22. The van der Waals surface area contributed by atoms with Gasteiger partial charge in [0.2, 0.25) is 0 Å². The fraction of sp³-hybridized carbons (Fsp3) is 0.348. The monoisotopic (exact) mass is 425 g/mol. The zero-order valence-corrected chi connectivity index (χ0v) is 17.5. The summed E-state index contributed by atoms with van der Waals surface area (Å²) >= 11 is 1.70. The average molecular weight is 426 g/mol. The number of benzene rings is 2. The van der Waals surface area contributed by atoms with Crippen molar-refractivity contribution in [3.63, 3.8) is 0 Å². The van der Waals surface area contributed by atoms with E-state index in [1.54, 1.807) is 17.4 Å². The first-order valence-electron chi connectivity index (χ1n) is 10.2. The molecule has 0 atom stereocenters. The first kappa shape index (κ1) is 19.6. The highest BCUT2D eigenvalue weighted by molar-refractivity contribution is 7.13. The molecule has 0 spiro atoms. The third-order valence-electron chi connectivity index (χ3n) is 5.57. The second kappa shape index (κ2) is 8.81. The lowest BCUT2D eigenvalue weighted by Gasteiger charge is -2.35. The van der Waals surface area contributed by atoms with Gasteiger partial charge in [-0.2, -0.15) is 0 Å². The van der Waals surface area contributed by atoms with Crippen LogP contribution in [0.4, 0.5) is 4.39 Å². The summed E-state index contributed by atoms with van der Waals surface area (Å²) in [6.07, 6.45) is 0. The number of nitrogens with zero attached hydrogens (tertiary/aromatic N) is 3. The van der Waals surface area contributed by atoms with E-state index in [1.807, 2.05) is 18.2 Å². The molecular weight excluding hydrogens is 401 g/mol. The van der Waals surface area contributed by atoms with Gasteiger partial charge in [0.25, 0.3) is 0 Å². The molecule has 30 heavy (non-hydrogen) atoms. The molecule has 0 unspecified atom stereocenters. The van der Waals surface area contributed by atoms with Gasteiger partial charge in [-0.25, -0.2) is 9.37 Å². The predicted octanol–water partition coefficient (Wildman–Crippen LogP) is 4.13. The van der Waals surface area contributed by atoms with Gasteiger partial charge < -0.3 is 9.47 Å². The second-order valence-corrected chi connectivity index (χ2v) is 8.58. The Kier molecular flexibility index (Phi) is 5.77. The minimum absolute atomic E-state index is 0.228. The summed E-state index contributed by atoms with van der Waals surface area (Å²) in [5, 5.41) is 3.23. The summed E-state index contributed by atoms with van der Waals surface area (Å²) in [6.45, 7) is 6.04. The molecule has 5 rings (SSSR count). The van der Waals surface area contributed by atoms with E-state index in [4.69, 9.17) is 14.5 Å². The Bertz CT molecular complexity index is 1000. The van der Waals surface area contributed by atoms with Crippen molar-refractivity contribution >= 4 is 11.3 Å². The highest BCUT2D eigenvalue weighted by atomic mass is 32.1. The summed E-state index contributed by atoms with van der Waals surface area (Å²) in [7, 11) is 0. The number of piperazine rings is 1. The molecule has 2 aliphatic heterocycles. The van der Waals surface area contributed by atoms with Crippen LogP contribution in [0.3, 0.4) is 0 Å². The Hall–Kier alpha value is -2.32. The van der Waals surface area contributed by atoms with Gasteiger partial charge in [0.05, 0.1) is 12.3 Å². The lowest BCUT2D eigenvalue weighted by atomic mass is 10.1. The fourth-order valence-corrected chi connectivity index (χ4v) is 4.86. The van der Waals surface area contributed by atoms with Crippen molar-refractivity contribution in [3.8, 4) is 16.3 Å². The molecule has 3 heterocycles. The van der Waals surface area contributed by atoms with E-state index in [9.17, 15) is 4.39 Å². The zero-order chi connectivity index (χ0) is 20.3. The van der Waals surface area contributed by atoms with Crippen molar-refractivity contribution in [2.24, 2.45) is 0 Å². The normalized spacial score (nSPS) is 17.5. The molecular formula is C23H24FN3O2S. The van der Waals surface area contributed by atoms with Crippen LogP contribution in [0.1, 0.15) is 16.8 Å². The van der Waals surface area contributed by atoms with Gasteiger partial charge in [0, 0.05) is 61.3 Å². The molecule has 2 aliphatic rings. The van der Waals surface area contributed by atoms with Crippen molar-refractivity contribution in [2.45, 2.75) is 19.7 Å². The molecule has 1 saturated heterocycles. The predicted molar refractivity (Wildman–Crippen MR) is 115 cm³/mol. The smallest absolute Gasteiger partial charge is 0.189 e. The number of rotatable bonds is 5. The van der Waals surface area contributed by atoms with E-state index in [-0.39, 0.29) is 12.6 Å². The molecule has 3 aromatic rings. The molecule has 1 aromatic heterocycles. The maximum atomic E-state index is 14.0. The largest absolute Gasteiger partial charge is 0.467 e. The summed E-state index contributed by atoms with van der Waals surface area (Å²) in [6, 6.07) is 13.4. The van der Waals surface area contributed by atoms with Gasteiger partial charge in [-0.3, -0.25) is 9.80 Å². The third kappa shape index (κ3) is 4.39. The van der Waals surface area contributed by atoms with E-state index >= 15 is 0 Å². The van der Waals surface area contributed by atoms with Crippen molar-refractivity contribution < 1.29 is 13.9 Å². The lowest BCUT2D eigenvalue weighted by Crippen LogP contribution is -2.45. The SMILES string of the molecule is Fc1cc2c(c(CN3CCN(Cc4csc(-c5ccccc5)n4)CC3)c1)OCOC2. The van der Waals surface area contributed by atoms with Gasteiger partial charge >= 0.3 is 0 Å². The average Bonchev–Trinajstić information content (AvgIpc) is 3.24. The van der Waals surface area contributed by atoms with Crippen LogP contribution < -0.4 is 4.74 Å². The van der Waals surface area contributed by atoms with Crippen LogP contribution in [0.5, 0.6) is 5.75 Å². The number of halogens is 1. The Morgan fingerprint density at radius 1 is 1.00 bits per heavy atom.